The van der Waals surface area contributed by atoms with Crippen LogP contribution in [-0.2, 0) is 0 Å². The monoisotopic (exact) mass is 306 g/mol. The molecule has 2 aromatic rings. The van der Waals surface area contributed by atoms with Gasteiger partial charge in [-0.1, -0.05) is 17.7 Å². The molecule has 0 aromatic carbocycles. The molecule has 0 aliphatic heterocycles. The topological polar surface area (TPSA) is 17.1 Å². The smallest absolute Gasteiger partial charge is 0.212 e. The first-order valence-electron chi connectivity index (χ1n) is 3.71. The predicted octanol–water partition coefficient (Wildman–Crippen LogP) is 4.46. The SMILES string of the molecule is O=C(c1cccs1)c1cc(Cl)c(Br)s1. The fraction of sp³-hybridized carbons (Fsp3) is 0. The maximum Gasteiger partial charge on any atom is 0.212 e. The quantitative estimate of drug-likeness (QED) is 0.749. The van der Waals surface area contributed by atoms with Gasteiger partial charge in [0.05, 0.1) is 18.6 Å². The molecule has 0 aliphatic carbocycles. The minimum atomic E-state index is 0.0394. The molecule has 0 bridgehead atoms. The highest BCUT2D eigenvalue weighted by Gasteiger charge is 2.14. The molecule has 5 heteroatoms. The van der Waals surface area contributed by atoms with Gasteiger partial charge in [-0.25, -0.2) is 0 Å². The van der Waals surface area contributed by atoms with Crippen LogP contribution in [0.15, 0.2) is 27.4 Å². The number of carbonyl (C=O) groups is 1. The van der Waals surface area contributed by atoms with Gasteiger partial charge >= 0.3 is 0 Å². The van der Waals surface area contributed by atoms with E-state index in [1.807, 2.05) is 17.5 Å². The Morgan fingerprint density at radius 2 is 2.21 bits per heavy atom. The second kappa shape index (κ2) is 4.14. The molecule has 0 unspecified atom stereocenters. The molecule has 1 nitrogen and oxygen atoms in total. The molecule has 14 heavy (non-hydrogen) atoms. The molecule has 0 atom stereocenters. The number of hydrogen-bond donors (Lipinski definition) is 0. The van der Waals surface area contributed by atoms with Crippen molar-refractivity contribution in [2.45, 2.75) is 0 Å². The van der Waals surface area contributed by atoms with Gasteiger partial charge in [0, 0.05) is 0 Å². The summed E-state index contributed by atoms with van der Waals surface area (Å²) in [4.78, 5) is 13.2. The molecule has 2 rings (SSSR count). The van der Waals surface area contributed by atoms with E-state index in [0.29, 0.717) is 9.90 Å². The van der Waals surface area contributed by atoms with Gasteiger partial charge in [-0.3, -0.25) is 4.79 Å². The number of carbonyl (C=O) groups excluding carboxylic acids is 1. The van der Waals surface area contributed by atoms with E-state index in [0.717, 1.165) is 8.66 Å². The van der Waals surface area contributed by atoms with Crippen LogP contribution in [0.2, 0.25) is 5.02 Å². The van der Waals surface area contributed by atoms with Crippen molar-refractivity contribution >= 4 is 56.0 Å². The van der Waals surface area contributed by atoms with Gasteiger partial charge < -0.3 is 0 Å². The van der Waals surface area contributed by atoms with Crippen LogP contribution in [-0.4, -0.2) is 5.78 Å². The standard InChI is InChI=1S/C9H4BrClOS2/c10-9-5(11)4-7(14-9)8(12)6-2-1-3-13-6/h1-4H. The lowest BCUT2D eigenvalue weighted by molar-refractivity contribution is 0.104. The van der Waals surface area contributed by atoms with Gasteiger partial charge in [0.2, 0.25) is 5.78 Å². The molecule has 0 radical (unpaired) electrons. The van der Waals surface area contributed by atoms with Crippen LogP contribution in [0.3, 0.4) is 0 Å². The summed E-state index contributed by atoms with van der Waals surface area (Å²) >= 11 is 11.9. The van der Waals surface area contributed by atoms with Crippen molar-refractivity contribution in [3.8, 4) is 0 Å². The zero-order valence-corrected chi connectivity index (χ0v) is 10.8. The second-order valence-corrected chi connectivity index (χ2v) is 6.26. The van der Waals surface area contributed by atoms with Crippen molar-refractivity contribution in [2.24, 2.45) is 0 Å². The molecule has 0 amide bonds. The Labute approximate surface area is 102 Å². The lowest BCUT2D eigenvalue weighted by atomic mass is 10.3. The van der Waals surface area contributed by atoms with Gasteiger partial charge in [-0.05, 0) is 33.4 Å². The van der Waals surface area contributed by atoms with Gasteiger partial charge in [0.25, 0.3) is 0 Å². The molecule has 0 aliphatic rings. The summed E-state index contributed by atoms with van der Waals surface area (Å²) in [6.45, 7) is 0. The Bertz CT molecular complexity index is 442. The van der Waals surface area contributed by atoms with Crippen LogP contribution in [0, 0.1) is 0 Å². The number of halogens is 2. The number of ketones is 1. The zero-order chi connectivity index (χ0) is 10.1. The maximum absolute atomic E-state index is 11.8. The van der Waals surface area contributed by atoms with Crippen molar-refractivity contribution in [3.63, 3.8) is 0 Å². The summed E-state index contributed by atoms with van der Waals surface area (Å²) in [7, 11) is 0. The van der Waals surface area contributed by atoms with E-state index < -0.39 is 0 Å². The fourth-order valence-electron chi connectivity index (χ4n) is 0.988. The largest absolute Gasteiger partial charge is 0.287 e. The van der Waals surface area contributed by atoms with Crippen molar-refractivity contribution in [3.05, 3.63) is 42.1 Å². The third-order valence-electron chi connectivity index (χ3n) is 1.61. The van der Waals surface area contributed by atoms with Crippen molar-refractivity contribution in [1.29, 1.82) is 0 Å². The average Bonchev–Trinajstić information content (AvgIpc) is 2.76. The molecule has 0 spiro atoms. The highest BCUT2D eigenvalue weighted by Crippen LogP contribution is 2.33. The van der Waals surface area contributed by atoms with E-state index in [9.17, 15) is 4.79 Å². The highest BCUT2D eigenvalue weighted by molar-refractivity contribution is 9.11. The van der Waals surface area contributed by atoms with Crippen molar-refractivity contribution < 1.29 is 4.79 Å². The van der Waals surface area contributed by atoms with E-state index in [1.165, 1.54) is 22.7 Å². The van der Waals surface area contributed by atoms with Crippen LogP contribution in [0.5, 0.6) is 0 Å². The highest BCUT2D eigenvalue weighted by atomic mass is 79.9. The van der Waals surface area contributed by atoms with Gasteiger partial charge in [0.15, 0.2) is 0 Å². The molecular formula is C9H4BrClOS2. The Balaban J connectivity index is 2.37. The molecule has 72 valence electrons. The van der Waals surface area contributed by atoms with E-state index in [1.54, 1.807) is 6.07 Å². The second-order valence-electron chi connectivity index (χ2n) is 2.54. The van der Waals surface area contributed by atoms with Gasteiger partial charge in [-0.2, -0.15) is 0 Å². The summed E-state index contributed by atoms with van der Waals surface area (Å²) in [6, 6.07) is 5.37. The fourth-order valence-corrected chi connectivity index (χ4v) is 3.39. The van der Waals surface area contributed by atoms with Crippen molar-refractivity contribution in [2.75, 3.05) is 0 Å². The predicted molar refractivity (Wildman–Crippen MR) is 64.8 cm³/mol. The minimum absolute atomic E-state index is 0.0394. The number of thiophene rings is 2. The average molecular weight is 308 g/mol. The minimum Gasteiger partial charge on any atom is -0.287 e. The maximum atomic E-state index is 11.8. The summed E-state index contributed by atoms with van der Waals surface area (Å²) in [5.41, 5.74) is 0. The third-order valence-corrected chi connectivity index (χ3v) is 4.96. The summed E-state index contributed by atoms with van der Waals surface area (Å²) in [5, 5.41) is 2.48. The summed E-state index contributed by atoms with van der Waals surface area (Å²) in [6.07, 6.45) is 0. The van der Waals surface area contributed by atoms with Crippen LogP contribution in [0.4, 0.5) is 0 Å². The first kappa shape index (κ1) is 10.4. The van der Waals surface area contributed by atoms with Gasteiger partial charge in [0.1, 0.15) is 0 Å². The number of hydrogen-bond acceptors (Lipinski definition) is 3. The lowest BCUT2D eigenvalue weighted by Gasteiger charge is -1.90. The van der Waals surface area contributed by atoms with Crippen LogP contribution in [0.25, 0.3) is 0 Å². The Morgan fingerprint density at radius 1 is 1.43 bits per heavy atom. The van der Waals surface area contributed by atoms with E-state index >= 15 is 0 Å². The summed E-state index contributed by atoms with van der Waals surface area (Å²) < 4.78 is 0.805. The van der Waals surface area contributed by atoms with E-state index in [4.69, 9.17) is 11.6 Å². The summed E-state index contributed by atoms with van der Waals surface area (Å²) in [5.74, 6) is 0.0394. The van der Waals surface area contributed by atoms with Crippen molar-refractivity contribution in [1.82, 2.24) is 0 Å². The van der Waals surface area contributed by atoms with Crippen LogP contribution in [0.1, 0.15) is 14.5 Å². The zero-order valence-electron chi connectivity index (χ0n) is 6.79. The molecule has 2 heterocycles. The molecule has 2 aromatic heterocycles. The first-order valence-corrected chi connectivity index (χ1v) is 6.58. The van der Waals surface area contributed by atoms with Crippen LogP contribution < -0.4 is 0 Å². The molecule has 0 fully saturated rings. The Hall–Kier alpha value is -0.160. The lowest BCUT2D eigenvalue weighted by Crippen LogP contribution is -1.93. The molecular weight excluding hydrogens is 304 g/mol. The van der Waals surface area contributed by atoms with Gasteiger partial charge in [-0.15, -0.1) is 22.7 Å². The number of rotatable bonds is 2. The van der Waals surface area contributed by atoms with E-state index in [-0.39, 0.29) is 5.78 Å². The Kier molecular flexibility index (Phi) is 3.07. The Morgan fingerprint density at radius 3 is 2.71 bits per heavy atom. The molecule has 0 N–H and O–H groups in total. The first-order chi connectivity index (χ1) is 6.68. The van der Waals surface area contributed by atoms with Crippen LogP contribution >= 0.6 is 50.2 Å². The van der Waals surface area contributed by atoms with E-state index in [2.05, 4.69) is 15.9 Å². The third kappa shape index (κ3) is 1.93. The normalized spacial score (nSPS) is 10.4. The molecule has 0 saturated heterocycles. The molecule has 0 saturated carbocycles.